The molecule has 7 nitrogen and oxygen atoms in total. The van der Waals surface area contributed by atoms with E-state index in [1.807, 2.05) is 52.0 Å². The minimum Gasteiger partial charge on any atom is -0.352 e. The fourth-order valence-electron chi connectivity index (χ4n) is 4.25. The number of hydrogen-bond acceptors (Lipinski definition) is 4. The molecule has 0 bridgehead atoms. The number of sulfonamides is 1. The van der Waals surface area contributed by atoms with Crippen LogP contribution in [0.1, 0.15) is 44.7 Å². The van der Waals surface area contributed by atoms with Crippen LogP contribution in [0.15, 0.2) is 88.2 Å². The van der Waals surface area contributed by atoms with Crippen molar-refractivity contribution in [3.05, 3.63) is 94.5 Å². The molecule has 1 N–H and O–H groups in total. The van der Waals surface area contributed by atoms with Gasteiger partial charge in [-0.05, 0) is 62.6 Å². The maximum absolute atomic E-state index is 14.1. The van der Waals surface area contributed by atoms with Crippen molar-refractivity contribution in [1.29, 1.82) is 0 Å². The van der Waals surface area contributed by atoms with Crippen LogP contribution in [0, 0.1) is 6.92 Å². The van der Waals surface area contributed by atoms with Crippen LogP contribution in [0.3, 0.4) is 0 Å². The van der Waals surface area contributed by atoms with Gasteiger partial charge in [0.15, 0.2) is 0 Å². The number of nitrogens with one attached hydrogen (secondary N) is 1. The first-order valence-corrected chi connectivity index (χ1v) is 15.3. The number of rotatable bonds is 12. The minimum absolute atomic E-state index is 0.0564. The number of carbonyl (C=O) groups is 2. The zero-order valence-electron chi connectivity index (χ0n) is 22.8. The third-order valence-corrected chi connectivity index (χ3v) is 8.81. The highest BCUT2D eigenvalue weighted by molar-refractivity contribution is 9.10. The molecule has 0 aromatic heterocycles. The minimum atomic E-state index is -4.09. The molecule has 208 valence electrons. The molecule has 0 saturated carbocycles. The van der Waals surface area contributed by atoms with Gasteiger partial charge in [0.1, 0.15) is 12.6 Å². The van der Waals surface area contributed by atoms with Gasteiger partial charge in [0.05, 0.1) is 10.6 Å². The van der Waals surface area contributed by atoms with Gasteiger partial charge in [0.25, 0.3) is 10.0 Å². The average Bonchev–Trinajstić information content (AvgIpc) is 2.91. The largest absolute Gasteiger partial charge is 0.352 e. The molecular weight excluding hydrogens is 578 g/mol. The topological polar surface area (TPSA) is 86.8 Å². The molecule has 9 heteroatoms. The summed E-state index contributed by atoms with van der Waals surface area (Å²) in [4.78, 5) is 29.0. The van der Waals surface area contributed by atoms with Crippen molar-refractivity contribution in [1.82, 2.24) is 10.2 Å². The fraction of sp³-hybridized carbons (Fsp3) is 0.333. The van der Waals surface area contributed by atoms with Gasteiger partial charge < -0.3 is 10.2 Å². The van der Waals surface area contributed by atoms with Crippen molar-refractivity contribution < 1.29 is 18.0 Å². The van der Waals surface area contributed by atoms with Crippen molar-refractivity contribution in [3.8, 4) is 0 Å². The van der Waals surface area contributed by atoms with E-state index in [2.05, 4.69) is 21.2 Å². The predicted octanol–water partition coefficient (Wildman–Crippen LogP) is 5.67. The molecule has 3 aromatic rings. The molecule has 2 amide bonds. The Kier molecular flexibility index (Phi) is 10.7. The predicted molar refractivity (Wildman–Crippen MR) is 159 cm³/mol. The molecule has 0 radical (unpaired) electrons. The summed E-state index contributed by atoms with van der Waals surface area (Å²) in [5, 5.41) is 2.99. The first-order valence-electron chi connectivity index (χ1n) is 13.1. The van der Waals surface area contributed by atoms with Crippen LogP contribution in [-0.2, 0) is 26.2 Å². The summed E-state index contributed by atoms with van der Waals surface area (Å²) in [5.41, 5.74) is 2.23. The maximum atomic E-state index is 14.1. The summed E-state index contributed by atoms with van der Waals surface area (Å²) in [7, 11) is -4.09. The van der Waals surface area contributed by atoms with E-state index < -0.39 is 28.5 Å². The van der Waals surface area contributed by atoms with Crippen molar-refractivity contribution in [2.45, 2.75) is 64.1 Å². The van der Waals surface area contributed by atoms with E-state index in [-0.39, 0.29) is 23.4 Å². The number of benzene rings is 3. The number of aryl methyl sites for hydroxylation is 1. The number of halogens is 1. The zero-order chi connectivity index (χ0) is 28.6. The number of nitrogens with zero attached hydrogens (tertiary/aromatic N) is 2. The molecule has 0 aliphatic rings. The second-order valence-electron chi connectivity index (χ2n) is 9.56. The van der Waals surface area contributed by atoms with Crippen LogP contribution in [0.25, 0.3) is 0 Å². The van der Waals surface area contributed by atoms with Gasteiger partial charge in [0.2, 0.25) is 11.8 Å². The van der Waals surface area contributed by atoms with E-state index in [1.54, 1.807) is 42.5 Å². The molecule has 0 saturated heterocycles. The average molecular weight is 615 g/mol. The van der Waals surface area contributed by atoms with Crippen LogP contribution < -0.4 is 9.62 Å². The molecule has 3 aromatic carbocycles. The molecule has 39 heavy (non-hydrogen) atoms. The van der Waals surface area contributed by atoms with Crippen molar-refractivity contribution in [2.75, 3.05) is 10.8 Å². The molecule has 0 heterocycles. The van der Waals surface area contributed by atoms with Crippen LogP contribution in [0.5, 0.6) is 0 Å². The summed E-state index contributed by atoms with van der Waals surface area (Å²) >= 11 is 3.41. The van der Waals surface area contributed by atoms with Gasteiger partial charge in [-0.15, -0.1) is 0 Å². The molecule has 3 rings (SSSR count). The van der Waals surface area contributed by atoms with E-state index in [4.69, 9.17) is 0 Å². The Balaban J connectivity index is 2.05. The van der Waals surface area contributed by atoms with Gasteiger partial charge in [-0.2, -0.15) is 0 Å². The van der Waals surface area contributed by atoms with Gasteiger partial charge in [-0.1, -0.05) is 83.9 Å². The highest BCUT2D eigenvalue weighted by Gasteiger charge is 2.34. The third-order valence-electron chi connectivity index (χ3n) is 6.53. The van der Waals surface area contributed by atoms with Gasteiger partial charge in [0, 0.05) is 17.1 Å². The highest BCUT2D eigenvalue weighted by atomic mass is 79.9. The Morgan fingerprint density at radius 2 is 1.62 bits per heavy atom. The summed E-state index contributed by atoms with van der Waals surface area (Å²) < 4.78 is 29.4. The monoisotopic (exact) mass is 613 g/mol. The first-order chi connectivity index (χ1) is 18.6. The maximum Gasteiger partial charge on any atom is 0.264 e. The Hall–Kier alpha value is -3.17. The quantitative estimate of drug-likeness (QED) is 0.285. The number of carbonyl (C=O) groups excluding carboxylic acids is 2. The van der Waals surface area contributed by atoms with E-state index in [0.717, 1.165) is 21.9 Å². The van der Waals surface area contributed by atoms with Crippen molar-refractivity contribution in [2.24, 2.45) is 0 Å². The standard InChI is InChI=1S/C30H36BrN3O4S/c1-5-23(4)32-30(36)28(6-2)33(20-24-13-10-12-22(3)18-24)29(35)21-34(26-15-11-14-25(31)19-26)39(37,38)27-16-8-7-9-17-27/h7-19,23,28H,5-6,20-21H2,1-4H3,(H,32,36). The van der Waals surface area contributed by atoms with Crippen LogP contribution >= 0.6 is 15.9 Å². The lowest BCUT2D eigenvalue weighted by Gasteiger charge is -2.33. The zero-order valence-corrected chi connectivity index (χ0v) is 25.2. The number of hydrogen-bond donors (Lipinski definition) is 1. The van der Waals surface area contributed by atoms with Gasteiger partial charge in [-0.25, -0.2) is 8.42 Å². The normalized spacial score (nSPS) is 12.8. The van der Waals surface area contributed by atoms with Crippen molar-refractivity contribution in [3.63, 3.8) is 0 Å². The fourth-order valence-corrected chi connectivity index (χ4v) is 6.06. The SMILES string of the molecule is CCC(C)NC(=O)C(CC)N(Cc1cccc(C)c1)C(=O)CN(c1cccc(Br)c1)S(=O)(=O)c1ccccc1. The molecule has 0 aliphatic carbocycles. The highest BCUT2D eigenvalue weighted by Crippen LogP contribution is 2.27. The summed E-state index contributed by atoms with van der Waals surface area (Å²) in [5.74, 6) is -0.727. The summed E-state index contributed by atoms with van der Waals surface area (Å²) in [6.07, 6.45) is 1.13. The van der Waals surface area contributed by atoms with Crippen LogP contribution in [0.2, 0.25) is 0 Å². The van der Waals surface area contributed by atoms with Crippen LogP contribution in [-0.4, -0.2) is 43.8 Å². The van der Waals surface area contributed by atoms with Gasteiger partial charge in [-0.3, -0.25) is 13.9 Å². The number of amides is 2. The molecular formula is C30H36BrN3O4S. The Labute approximate surface area is 240 Å². The molecule has 0 aliphatic heterocycles. The van der Waals surface area contributed by atoms with E-state index in [1.165, 1.54) is 17.0 Å². The smallest absolute Gasteiger partial charge is 0.264 e. The summed E-state index contributed by atoms with van der Waals surface area (Å²) in [6.45, 7) is 7.41. The third kappa shape index (κ3) is 7.92. The molecule has 0 spiro atoms. The molecule has 2 atom stereocenters. The molecule has 2 unspecified atom stereocenters. The Bertz CT molecular complexity index is 1380. The Morgan fingerprint density at radius 1 is 0.923 bits per heavy atom. The van der Waals surface area contributed by atoms with E-state index in [9.17, 15) is 18.0 Å². The van der Waals surface area contributed by atoms with Crippen LogP contribution in [0.4, 0.5) is 5.69 Å². The second-order valence-corrected chi connectivity index (χ2v) is 12.3. The second kappa shape index (κ2) is 13.8. The van der Waals surface area contributed by atoms with E-state index in [0.29, 0.717) is 16.6 Å². The lowest BCUT2D eigenvalue weighted by atomic mass is 10.1. The lowest BCUT2D eigenvalue weighted by Crippen LogP contribution is -2.53. The summed E-state index contributed by atoms with van der Waals surface area (Å²) in [6, 6.07) is 21.8. The number of anilines is 1. The first kappa shape index (κ1) is 30.4. The Morgan fingerprint density at radius 3 is 2.23 bits per heavy atom. The van der Waals surface area contributed by atoms with Gasteiger partial charge >= 0.3 is 0 Å². The van der Waals surface area contributed by atoms with Crippen molar-refractivity contribution >= 4 is 43.5 Å². The van der Waals surface area contributed by atoms with E-state index >= 15 is 0 Å². The molecule has 0 fully saturated rings. The lowest BCUT2D eigenvalue weighted by molar-refractivity contribution is -0.140.